The van der Waals surface area contributed by atoms with Gasteiger partial charge in [-0.15, -0.1) is 0 Å². The maximum Gasteiger partial charge on any atom is 0.341 e. The largest absolute Gasteiger partial charge is 0.465 e. The lowest BCUT2D eigenvalue weighted by molar-refractivity contribution is 0.0581. The Balaban J connectivity index is 2.00. The number of methoxy groups -OCH3 is 2. The summed E-state index contributed by atoms with van der Waals surface area (Å²) in [4.78, 5) is 26.4. The lowest BCUT2D eigenvalue weighted by Gasteiger charge is -2.36. The van der Waals surface area contributed by atoms with Crippen LogP contribution in [0.25, 0.3) is 0 Å². The SMILES string of the molecule is COCCN1C(=O)c2ccccc2N[C@@H]1c1cc(C(=O)OC)c(C)o1. The molecule has 0 saturated heterocycles. The molecule has 2 aromatic rings. The summed E-state index contributed by atoms with van der Waals surface area (Å²) in [6.07, 6.45) is -0.533. The number of furan rings is 1. The van der Waals surface area contributed by atoms with E-state index in [1.807, 2.05) is 18.2 Å². The van der Waals surface area contributed by atoms with E-state index in [9.17, 15) is 9.59 Å². The molecule has 0 fully saturated rings. The molecule has 1 amide bonds. The molecule has 7 heteroatoms. The van der Waals surface area contributed by atoms with Crippen molar-refractivity contribution in [3.8, 4) is 0 Å². The van der Waals surface area contributed by atoms with Crippen molar-refractivity contribution in [2.24, 2.45) is 0 Å². The van der Waals surface area contributed by atoms with E-state index < -0.39 is 12.1 Å². The zero-order valence-corrected chi connectivity index (χ0v) is 14.4. The highest BCUT2D eigenvalue weighted by Gasteiger charge is 2.35. The van der Waals surface area contributed by atoms with Gasteiger partial charge in [0.15, 0.2) is 6.17 Å². The molecule has 132 valence electrons. The zero-order valence-electron chi connectivity index (χ0n) is 14.4. The van der Waals surface area contributed by atoms with Crippen LogP contribution in [0.3, 0.4) is 0 Å². The summed E-state index contributed by atoms with van der Waals surface area (Å²) in [6.45, 7) is 2.46. The van der Waals surface area contributed by atoms with Crippen molar-refractivity contribution < 1.29 is 23.5 Å². The summed E-state index contributed by atoms with van der Waals surface area (Å²) in [5.74, 6) is 0.321. The van der Waals surface area contributed by atoms with E-state index in [2.05, 4.69) is 5.32 Å². The minimum absolute atomic E-state index is 0.120. The topological polar surface area (TPSA) is 81.0 Å². The Kier molecular flexibility index (Phi) is 4.76. The molecule has 1 aliphatic rings. The average molecular weight is 344 g/mol. The van der Waals surface area contributed by atoms with Crippen molar-refractivity contribution in [2.75, 3.05) is 32.7 Å². The van der Waals surface area contributed by atoms with Crippen LogP contribution in [0.5, 0.6) is 0 Å². The van der Waals surface area contributed by atoms with Gasteiger partial charge >= 0.3 is 5.97 Å². The molecule has 3 rings (SSSR count). The molecule has 0 saturated carbocycles. The number of anilines is 1. The van der Waals surface area contributed by atoms with E-state index in [-0.39, 0.29) is 5.91 Å². The van der Waals surface area contributed by atoms with Crippen LogP contribution in [0.1, 0.15) is 38.4 Å². The maximum atomic E-state index is 12.9. The summed E-state index contributed by atoms with van der Waals surface area (Å²) in [5.41, 5.74) is 1.66. The predicted molar refractivity (Wildman–Crippen MR) is 90.5 cm³/mol. The van der Waals surface area contributed by atoms with Crippen molar-refractivity contribution >= 4 is 17.6 Å². The predicted octanol–water partition coefficient (Wildman–Crippen LogP) is 2.59. The van der Waals surface area contributed by atoms with Gasteiger partial charge in [-0.2, -0.15) is 0 Å². The van der Waals surface area contributed by atoms with E-state index in [4.69, 9.17) is 13.9 Å². The molecule has 1 N–H and O–H groups in total. The van der Waals surface area contributed by atoms with Crippen LogP contribution in [-0.2, 0) is 9.47 Å². The molecule has 1 aromatic carbocycles. The quantitative estimate of drug-likeness (QED) is 0.840. The van der Waals surface area contributed by atoms with Crippen LogP contribution >= 0.6 is 0 Å². The van der Waals surface area contributed by atoms with Crippen LogP contribution in [-0.4, -0.2) is 44.1 Å². The van der Waals surface area contributed by atoms with Gasteiger partial charge in [-0.05, 0) is 25.1 Å². The number of nitrogens with one attached hydrogen (secondary N) is 1. The van der Waals surface area contributed by atoms with Crippen LogP contribution in [0.4, 0.5) is 5.69 Å². The molecule has 0 unspecified atom stereocenters. The van der Waals surface area contributed by atoms with Gasteiger partial charge in [-0.25, -0.2) is 4.79 Å². The number of carbonyl (C=O) groups excluding carboxylic acids is 2. The van der Waals surface area contributed by atoms with Crippen molar-refractivity contribution in [3.63, 3.8) is 0 Å². The number of nitrogens with zero attached hydrogens (tertiary/aromatic N) is 1. The highest BCUT2D eigenvalue weighted by atomic mass is 16.5. The summed E-state index contributed by atoms with van der Waals surface area (Å²) in [7, 11) is 2.90. The van der Waals surface area contributed by atoms with Gasteiger partial charge in [0.25, 0.3) is 5.91 Å². The van der Waals surface area contributed by atoms with Crippen molar-refractivity contribution in [2.45, 2.75) is 13.1 Å². The van der Waals surface area contributed by atoms with Crippen LogP contribution in [0.15, 0.2) is 34.7 Å². The number of carbonyl (C=O) groups is 2. The molecule has 0 radical (unpaired) electrons. The van der Waals surface area contributed by atoms with E-state index in [0.717, 1.165) is 5.69 Å². The van der Waals surface area contributed by atoms with E-state index in [0.29, 0.717) is 35.8 Å². The average Bonchev–Trinajstić information content (AvgIpc) is 3.01. The minimum atomic E-state index is -0.533. The first-order chi connectivity index (χ1) is 12.1. The van der Waals surface area contributed by atoms with E-state index in [1.54, 1.807) is 31.1 Å². The molecule has 1 aromatic heterocycles. The number of fused-ring (bicyclic) bond motifs is 1. The van der Waals surface area contributed by atoms with Gasteiger partial charge in [0.2, 0.25) is 0 Å². The minimum Gasteiger partial charge on any atom is -0.465 e. The normalized spacial score (nSPS) is 16.4. The van der Waals surface area contributed by atoms with Crippen LogP contribution in [0, 0.1) is 6.92 Å². The number of esters is 1. The molecule has 2 heterocycles. The Morgan fingerprint density at radius 1 is 1.32 bits per heavy atom. The third-order valence-electron chi connectivity index (χ3n) is 4.17. The first-order valence-electron chi connectivity index (χ1n) is 7.91. The molecule has 0 bridgehead atoms. The number of hydrogen-bond donors (Lipinski definition) is 1. The number of aryl methyl sites for hydroxylation is 1. The smallest absolute Gasteiger partial charge is 0.341 e. The molecular weight excluding hydrogens is 324 g/mol. The standard InChI is InChI=1S/C18H20N2O5/c1-11-13(18(22)24-3)10-15(25-11)16-19-14-7-5-4-6-12(14)17(21)20(16)8-9-23-2/h4-7,10,16,19H,8-9H2,1-3H3/t16-/m0/s1. The molecule has 0 spiro atoms. The molecular formula is C18H20N2O5. The Bertz CT molecular complexity index is 799. The second-order valence-corrected chi connectivity index (χ2v) is 5.69. The lowest BCUT2D eigenvalue weighted by Crippen LogP contribution is -2.44. The third kappa shape index (κ3) is 3.10. The first kappa shape index (κ1) is 17.0. The summed E-state index contributed by atoms with van der Waals surface area (Å²) in [5, 5.41) is 3.30. The van der Waals surface area contributed by atoms with Crippen LogP contribution < -0.4 is 5.32 Å². The fourth-order valence-electron chi connectivity index (χ4n) is 2.89. The fourth-order valence-corrected chi connectivity index (χ4v) is 2.89. The zero-order chi connectivity index (χ0) is 18.0. The molecule has 7 nitrogen and oxygen atoms in total. The fraction of sp³-hybridized carbons (Fsp3) is 0.333. The number of para-hydroxylation sites is 1. The number of hydrogen-bond acceptors (Lipinski definition) is 6. The monoisotopic (exact) mass is 344 g/mol. The maximum absolute atomic E-state index is 12.9. The highest BCUT2D eigenvalue weighted by molar-refractivity contribution is 6.01. The molecule has 25 heavy (non-hydrogen) atoms. The summed E-state index contributed by atoms with van der Waals surface area (Å²) < 4.78 is 15.6. The van der Waals surface area contributed by atoms with Gasteiger partial charge in [-0.3, -0.25) is 4.79 Å². The van der Waals surface area contributed by atoms with E-state index in [1.165, 1.54) is 7.11 Å². The van der Waals surface area contributed by atoms with Gasteiger partial charge in [0.05, 0.1) is 19.3 Å². The Morgan fingerprint density at radius 3 is 2.80 bits per heavy atom. The number of ether oxygens (including phenoxy) is 2. The van der Waals surface area contributed by atoms with Crippen molar-refractivity contribution in [1.29, 1.82) is 0 Å². The number of rotatable bonds is 5. The Labute approximate surface area is 145 Å². The molecule has 0 aliphatic carbocycles. The summed E-state index contributed by atoms with van der Waals surface area (Å²) >= 11 is 0. The molecule has 1 aliphatic heterocycles. The second kappa shape index (κ2) is 6.98. The second-order valence-electron chi connectivity index (χ2n) is 5.69. The molecule has 1 atom stereocenters. The van der Waals surface area contributed by atoms with Gasteiger partial charge in [0.1, 0.15) is 17.1 Å². The van der Waals surface area contributed by atoms with Crippen molar-refractivity contribution in [1.82, 2.24) is 4.90 Å². The highest BCUT2D eigenvalue weighted by Crippen LogP contribution is 2.34. The van der Waals surface area contributed by atoms with Crippen molar-refractivity contribution in [3.05, 3.63) is 53.0 Å². The lowest BCUT2D eigenvalue weighted by atomic mass is 10.1. The van der Waals surface area contributed by atoms with Gasteiger partial charge in [0, 0.05) is 19.3 Å². The number of benzene rings is 1. The Hall–Kier alpha value is -2.80. The third-order valence-corrected chi connectivity index (χ3v) is 4.17. The van der Waals surface area contributed by atoms with Crippen LogP contribution in [0.2, 0.25) is 0 Å². The van der Waals surface area contributed by atoms with Gasteiger partial charge in [-0.1, -0.05) is 12.1 Å². The summed E-state index contributed by atoms with van der Waals surface area (Å²) in [6, 6.07) is 8.90. The number of amides is 1. The van der Waals surface area contributed by atoms with Gasteiger partial charge < -0.3 is 24.1 Å². The van der Waals surface area contributed by atoms with E-state index >= 15 is 0 Å². The first-order valence-corrected chi connectivity index (χ1v) is 7.91. The Morgan fingerprint density at radius 2 is 2.08 bits per heavy atom.